The van der Waals surface area contributed by atoms with Crippen LogP contribution in [0.3, 0.4) is 0 Å². The summed E-state index contributed by atoms with van der Waals surface area (Å²) in [7, 11) is 0. The van der Waals surface area contributed by atoms with E-state index in [-0.39, 0.29) is 0 Å². The lowest BCUT2D eigenvalue weighted by Crippen LogP contribution is -1.86. The maximum Gasteiger partial charge on any atom is 0.115 e. The quantitative estimate of drug-likeness (QED) is 0.278. The summed E-state index contributed by atoms with van der Waals surface area (Å²) in [6.45, 7) is 0. The molecule has 2 heteroatoms. The lowest BCUT2D eigenvalue weighted by Gasteiger charge is -2.14. The molecule has 0 amide bonds. The standard InChI is InChI=1S/C24H16.C4H4N2/c1-2-9-17(10-3-1)18-15-8-16-23-21-12-5-4-11-19(21)20-13-6-7-14-22(20)24(18)23;1-2-5-4-6-3-1/h1-16H;1-4H. The van der Waals surface area contributed by atoms with Crippen LogP contribution in [0.4, 0.5) is 0 Å². The molecule has 142 valence electrons. The van der Waals surface area contributed by atoms with Crippen LogP contribution in [0.25, 0.3) is 43.4 Å². The van der Waals surface area contributed by atoms with Crippen LogP contribution in [0.15, 0.2) is 122 Å². The molecule has 0 aliphatic heterocycles. The summed E-state index contributed by atoms with van der Waals surface area (Å²) < 4.78 is 0. The molecule has 5 aromatic carbocycles. The lowest BCUT2D eigenvalue weighted by molar-refractivity contribution is 1.17. The molecule has 1 heterocycles. The molecule has 1 aromatic heterocycles. The summed E-state index contributed by atoms with van der Waals surface area (Å²) in [6.07, 6.45) is 4.88. The van der Waals surface area contributed by atoms with Crippen molar-refractivity contribution in [2.24, 2.45) is 0 Å². The summed E-state index contributed by atoms with van der Waals surface area (Å²) in [6, 6.07) is 36.6. The number of fused-ring (bicyclic) bond motifs is 6. The van der Waals surface area contributed by atoms with Crippen LogP contribution < -0.4 is 0 Å². The fourth-order valence-electron chi connectivity index (χ4n) is 4.07. The summed E-state index contributed by atoms with van der Waals surface area (Å²) in [5.74, 6) is 0. The monoisotopic (exact) mass is 384 g/mol. The second-order valence-corrected chi connectivity index (χ2v) is 7.09. The number of nitrogens with zero attached hydrogens (tertiary/aromatic N) is 2. The molecule has 0 saturated carbocycles. The van der Waals surface area contributed by atoms with Crippen molar-refractivity contribution < 1.29 is 0 Å². The molecular weight excluding hydrogens is 364 g/mol. The average Bonchev–Trinajstić information content (AvgIpc) is 2.86. The maximum atomic E-state index is 3.67. The van der Waals surface area contributed by atoms with E-state index >= 15 is 0 Å². The van der Waals surface area contributed by atoms with Crippen LogP contribution in [-0.4, -0.2) is 9.97 Å². The van der Waals surface area contributed by atoms with Gasteiger partial charge in [0.1, 0.15) is 6.33 Å². The van der Waals surface area contributed by atoms with Gasteiger partial charge in [-0.2, -0.15) is 0 Å². The Kier molecular flexibility index (Phi) is 4.89. The van der Waals surface area contributed by atoms with Gasteiger partial charge in [-0.25, -0.2) is 9.97 Å². The molecule has 0 N–H and O–H groups in total. The smallest absolute Gasteiger partial charge is 0.115 e. The number of benzene rings is 5. The third kappa shape index (κ3) is 3.29. The van der Waals surface area contributed by atoms with E-state index in [0.29, 0.717) is 0 Å². The van der Waals surface area contributed by atoms with Crippen LogP contribution >= 0.6 is 0 Å². The highest BCUT2D eigenvalue weighted by Gasteiger charge is 2.11. The highest BCUT2D eigenvalue weighted by molar-refractivity contribution is 6.28. The van der Waals surface area contributed by atoms with E-state index in [9.17, 15) is 0 Å². The molecule has 0 fully saturated rings. The summed E-state index contributed by atoms with van der Waals surface area (Å²) in [4.78, 5) is 7.35. The van der Waals surface area contributed by atoms with E-state index in [1.807, 2.05) is 0 Å². The number of hydrogen-bond donors (Lipinski definition) is 0. The van der Waals surface area contributed by atoms with E-state index in [2.05, 4.69) is 107 Å². The topological polar surface area (TPSA) is 25.8 Å². The van der Waals surface area contributed by atoms with Gasteiger partial charge in [0, 0.05) is 12.4 Å². The number of hydrogen-bond acceptors (Lipinski definition) is 2. The van der Waals surface area contributed by atoms with Gasteiger partial charge in [-0.05, 0) is 49.5 Å². The predicted octanol–water partition coefficient (Wildman–Crippen LogP) is 7.29. The van der Waals surface area contributed by atoms with E-state index < -0.39 is 0 Å². The minimum absolute atomic E-state index is 1.27. The van der Waals surface area contributed by atoms with E-state index in [1.54, 1.807) is 18.5 Å². The Morgan fingerprint density at radius 3 is 1.43 bits per heavy atom. The SMILES string of the molecule is c1ccc(-c2cccc3c4ccccc4c4ccccc4c23)cc1.c1cncnc1. The van der Waals surface area contributed by atoms with Gasteiger partial charge in [0.2, 0.25) is 0 Å². The van der Waals surface area contributed by atoms with Crippen molar-refractivity contribution in [3.63, 3.8) is 0 Å². The van der Waals surface area contributed by atoms with Gasteiger partial charge >= 0.3 is 0 Å². The van der Waals surface area contributed by atoms with Crippen LogP contribution in [-0.2, 0) is 0 Å². The largest absolute Gasteiger partial charge is 0.245 e. The van der Waals surface area contributed by atoms with Gasteiger partial charge in [0.15, 0.2) is 0 Å². The van der Waals surface area contributed by atoms with Crippen LogP contribution in [0.1, 0.15) is 0 Å². The third-order valence-corrected chi connectivity index (χ3v) is 5.33. The molecule has 6 rings (SSSR count). The summed E-state index contributed by atoms with van der Waals surface area (Å²) in [5, 5.41) is 7.97. The first kappa shape index (κ1) is 18.0. The zero-order valence-corrected chi connectivity index (χ0v) is 16.4. The minimum Gasteiger partial charge on any atom is -0.245 e. The van der Waals surface area contributed by atoms with Gasteiger partial charge in [0.25, 0.3) is 0 Å². The van der Waals surface area contributed by atoms with E-state index in [4.69, 9.17) is 0 Å². The first-order valence-corrected chi connectivity index (χ1v) is 10.0. The fourth-order valence-corrected chi connectivity index (χ4v) is 4.07. The molecule has 0 unspecified atom stereocenters. The summed E-state index contributed by atoms with van der Waals surface area (Å²) in [5.41, 5.74) is 2.57. The van der Waals surface area contributed by atoms with Crippen molar-refractivity contribution in [2.45, 2.75) is 0 Å². The Morgan fingerprint density at radius 1 is 0.400 bits per heavy atom. The van der Waals surface area contributed by atoms with Crippen molar-refractivity contribution in [3.05, 3.63) is 122 Å². The predicted molar refractivity (Wildman–Crippen MR) is 126 cm³/mol. The second kappa shape index (κ2) is 8.14. The first-order valence-electron chi connectivity index (χ1n) is 10.0. The van der Waals surface area contributed by atoms with Crippen LogP contribution in [0, 0.1) is 0 Å². The van der Waals surface area contributed by atoms with E-state index in [0.717, 1.165) is 0 Å². The Labute approximate surface area is 175 Å². The van der Waals surface area contributed by atoms with Gasteiger partial charge in [0.05, 0.1) is 0 Å². The second-order valence-electron chi connectivity index (χ2n) is 7.09. The van der Waals surface area contributed by atoms with Crippen molar-refractivity contribution in [1.29, 1.82) is 0 Å². The molecular formula is C28H20N2. The molecule has 30 heavy (non-hydrogen) atoms. The van der Waals surface area contributed by atoms with Crippen molar-refractivity contribution in [3.8, 4) is 11.1 Å². The number of aromatic nitrogens is 2. The zero-order valence-electron chi connectivity index (χ0n) is 16.4. The Hall–Kier alpha value is -4.04. The fraction of sp³-hybridized carbons (Fsp3) is 0. The molecule has 0 spiro atoms. The van der Waals surface area contributed by atoms with Gasteiger partial charge in [-0.1, -0.05) is 97.1 Å². The summed E-state index contributed by atoms with van der Waals surface area (Å²) >= 11 is 0. The Balaban J connectivity index is 0.000000279. The molecule has 2 nitrogen and oxygen atoms in total. The molecule has 0 aliphatic carbocycles. The van der Waals surface area contributed by atoms with Gasteiger partial charge < -0.3 is 0 Å². The van der Waals surface area contributed by atoms with Crippen molar-refractivity contribution in [2.75, 3.05) is 0 Å². The van der Waals surface area contributed by atoms with Gasteiger partial charge in [-0.3, -0.25) is 0 Å². The minimum atomic E-state index is 1.27. The highest BCUT2D eigenvalue weighted by atomic mass is 14.8. The molecule has 0 aliphatic rings. The molecule has 0 bridgehead atoms. The third-order valence-electron chi connectivity index (χ3n) is 5.33. The van der Waals surface area contributed by atoms with E-state index in [1.165, 1.54) is 49.8 Å². The maximum absolute atomic E-state index is 3.67. The van der Waals surface area contributed by atoms with Crippen LogP contribution in [0.2, 0.25) is 0 Å². The molecule has 0 atom stereocenters. The average molecular weight is 384 g/mol. The Morgan fingerprint density at radius 2 is 0.900 bits per heavy atom. The zero-order chi connectivity index (χ0) is 20.2. The molecule has 6 aromatic rings. The van der Waals surface area contributed by atoms with Crippen LogP contribution in [0.5, 0.6) is 0 Å². The Bertz CT molecular complexity index is 1350. The van der Waals surface area contributed by atoms with Crippen molar-refractivity contribution >= 4 is 32.3 Å². The normalized spacial score (nSPS) is 10.7. The number of rotatable bonds is 1. The first-order chi connectivity index (χ1) is 14.9. The molecule has 0 saturated heterocycles. The highest BCUT2D eigenvalue weighted by Crippen LogP contribution is 2.39. The van der Waals surface area contributed by atoms with Crippen molar-refractivity contribution in [1.82, 2.24) is 9.97 Å². The lowest BCUT2D eigenvalue weighted by atomic mass is 9.89. The molecule has 0 radical (unpaired) electrons. The van der Waals surface area contributed by atoms with Gasteiger partial charge in [-0.15, -0.1) is 0 Å².